The first kappa shape index (κ1) is 21.3. The van der Waals surface area contributed by atoms with Gasteiger partial charge in [0.2, 0.25) is 11.8 Å². The molecule has 4 atom stereocenters. The van der Waals surface area contributed by atoms with Gasteiger partial charge in [-0.3, -0.25) is 14.5 Å². The van der Waals surface area contributed by atoms with Crippen molar-refractivity contribution in [2.24, 2.45) is 5.73 Å². The highest BCUT2D eigenvalue weighted by molar-refractivity contribution is 5.87. The molecule has 1 aliphatic carbocycles. The van der Waals surface area contributed by atoms with Crippen LogP contribution < -0.4 is 5.73 Å². The van der Waals surface area contributed by atoms with Crippen LogP contribution in [0.4, 0.5) is 0 Å². The molecule has 0 saturated carbocycles. The minimum absolute atomic E-state index is 0.0675. The standard InChI is InChI=1S/C27H29N5O2/c28-14-19-8-5-11-31(19)26(33)23(29)16-30-15-20-13-24(30)27(34)32(20)25-21-9-3-1-6-17(21)12-18-7-2-4-10-22(18)25/h1-4,6-7,9-10,19-20,23-25H,5,8,11-13,15-16,29H2/t19-,20?,23-,24-/m0/s1. The zero-order chi connectivity index (χ0) is 23.4. The molecule has 2 N–H and O–H groups in total. The first-order valence-electron chi connectivity index (χ1n) is 12.2. The van der Waals surface area contributed by atoms with Crippen LogP contribution >= 0.6 is 0 Å². The van der Waals surface area contributed by atoms with Crippen molar-refractivity contribution in [3.63, 3.8) is 0 Å². The lowest BCUT2D eigenvalue weighted by Gasteiger charge is -2.42. The summed E-state index contributed by atoms with van der Waals surface area (Å²) >= 11 is 0. The molecule has 174 valence electrons. The summed E-state index contributed by atoms with van der Waals surface area (Å²) in [7, 11) is 0. The molecule has 3 saturated heterocycles. The van der Waals surface area contributed by atoms with E-state index in [4.69, 9.17) is 5.73 Å². The molecular formula is C27H29N5O2. The molecule has 2 aromatic carbocycles. The highest BCUT2D eigenvalue weighted by Gasteiger charge is 2.53. The van der Waals surface area contributed by atoms with Crippen molar-refractivity contribution in [3.8, 4) is 6.07 Å². The second-order valence-corrected chi connectivity index (χ2v) is 10.0. The topological polar surface area (TPSA) is 93.7 Å². The number of fused-ring (bicyclic) bond motifs is 4. The molecule has 0 aromatic heterocycles. The van der Waals surface area contributed by atoms with Gasteiger partial charge in [0.1, 0.15) is 6.04 Å². The average molecular weight is 456 g/mol. The van der Waals surface area contributed by atoms with Crippen molar-refractivity contribution in [2.75, 3.05) is 19.6 Å². The summed E-state index contributed by atoms with van der Waals surface area (Å²) < 4.78 is 0. The van der Waals surface area contributed by atoms with E-state index in [2.05, 4.69) is 64.4 Å². The van der Waals surface area contributed by atoms with Crippen molar-refractivity contribution in [1.29, 1.82) is 5.26 Å². The second-order valence-electron chi connectivity index (χ2n) is 10.0. The smallest absolute Gasteiger partial charge is 0.241 e. The number of nitrogens with two attached hydrogens (primary N) is 1. The normalized spacial score (nSPS) is 26.9. The van der Waals surface area contributed by atoms with Gasteiger partial charge in [-0.15, -0.1) is 0 Å². The first-order chi connectivity index (χ1) is 16.6. The molecule has 6 rings (SSSR count). The molecule has 2 aromatic rings. The predicted molar refractivity (Wildman–Crippen MR) is 126 cm³/mol. The van der Waals surface area contributed by atoms with Crippen molar-refractivity contribution < 1.29 is 9.59 Å². The van der Waals surface area contributed by atoms with Crippen LogP contribution in [-0.4, -0.2) is 70.3 Å². The van der Waals surface area contributed by atoms with E-state index in [1.165, 1.54) is 22.3 Å². The molecule has 3 aliphatic heterocycles. The van der Waals surface area contributed by atoms with Gasteiger partial charge in [-0.2, -0.15) is 5.26 Å². The van der Waals surface area contributed by atoms with E-state index in [0.717, 1.165) is 25.8 Å². The Hall–Kier alpha value is -3.21. The zero-order valence-corrected chi connectivity index (χ0v) is 19.1. The van der Waals surface area contributed by atoms with E-state index in [1.807, 2.05) is 0 Å². The summed E-state index contributed by atoms with van der Waals surface area (Å²) in [4.78, 5) is 32.4. The quantitative estimate of drug-likeness (QED) is 0.759. The third-order valence-corrected chi connectivity index (χ3v) is 8.11. The molecule has 4 aliphatic rings. The van der Waals surface area contributed by atoms with Gasteiger partial charge < -0.3 is 15.5 Å². The summed E-state index contributed by atoms with van der Waals surface area (Å²) in [6.07, 6.45) is 3.21. The zero-order valence-electron chi connectivity index (χ0n) is 19.1. The number of benzene rings is 2. The van der Waals surface area contributed by atoms with Crippen molar-refractivity contribution in [3.05, 3.63) is 70.8 Å². The molecule has 2 amide bonds. The Morgan fingerprint density at radius 1 is 1.12 bits per heavy atom. The number of carbonyl (C=O) groups is 2. The molecule has 7 heteroatoms. The van der Waals surface area contributed by atoms with Crippen LogP contribution in [0.15, 0.2) is 48.5 Å². The minimum Gasteiger partial charge on any atom is -0.326 e. The lowest BCUT2D eigenvalue weighted by atomic mass is 9.81. The SMILES string of the molecule is N#C[C@@H]1CCCN1C(=O)[C@@H](N)CN1CC2C[C@H]1C(=O)N2C1c2ccccc2Cc2ccccc21. The van der Waals surface area contributed by atoms with Crippen LogP contribution in [0, 0.1) is 11.3 Å². The maximum Gasteiger partial charge on any atom is 0.241 e. The number of piperazine rings is 1. The number of nitrogens with zero attached hydrogens (tertiary/aromatic N) is 4. The largest absolute Gasteiger partial charge is 0.326 e. The van der Waals surface area contributed by atoms with E-state index in [-0.39, 0.29) is 36.0 Å². The molecular weight excluding hydrogens is 426 g/mol. The number of amides is 2. The fourth-order valence-corrected chi connectivity index (χ4v) is 6.53. The Labute approximate surface area is 199 Å². The Bertz CT molecular complexity index is 1140. The van der Waals surface area contributed by atoms with Crippen LogP contribution in [0.1, 0.15) is 47.6 Å². The van der Waals surface area contributed by atoms with Crippen molar-refractivity contribution in [1.82, 2.24) is 14.7 Å². The van der Waals surface area contributed by atoms with E-state index < -0.39 is 6.04 Å². The van der Waals surface area contributed by atoms with E-state index in [1.54, 1.807) is 4.90 Å². The van der Waals surface area contributed by atoms with Gasteiger partial charge in [0, 0.05) is 25.7 Å². The van der Waals surface area contributed by atoms with Gasteiger partial charge in [-0.1, -0.05) is 48.5 Å². The Morgan fingerprint density at radius 2 is 1.79 bits per heavy atom. The van der Waals surface area contributed by atoms with E-state index >= 15 is 0 Å². The molecule has 1 unspecified atom stereocenters. The fraction of sp³-hybridized carbons (Fsp3) is 0.444. The van der Waals surface area contributed by atoms with Gasteiger partial charge >= 0.3 is 0 Å². The van der Waals surface area contributed by atoms with Crippen LogP contribution in [0.3, 0.4) is 0 Å². The summed E-state index contributed by atoms with van der Waals surface area (Å²) in [5, 5.41) is 9.32. The molecule has 3 heterocycles. The molecule has 34 heavy (non-hydrogen) atoms. The maximum atomic E-state index is 13.7. The lowest BCUT2D eigenvalue weighted by Crippen LogP contribution is -2.57. The van der Waals surface area contributed by atoms with Crippen LogP contribution in [0.5, 0.6) is 0 Å². The highest BCUT2D eigenvalue weighted by atomic mass is 16.2. The second kappa shape index (κ2) is 8.23. The number of nitriles is 1. The van der Waals surface area contributed by atoms with Crippen molar-refractivity contribution in [2.45, 2.75) is 55.9 Å². The summed E-state index contributed by atoms with van der Waals surface area (Å²) in [5.41, 5.74) is 11.3. The number of hydrogen-bond donors (Lipinski definition) is 1. The molecule has 0 radical (unpaired) electrons. The van der Waals surface area contributed by atoms with E-state index in [0.29, 0.717) is 19.5 Å². The van der Waals surface area contributed by atoms with Gasteiger partial charge in [-0.25, -0.2) is 0 Å². The van der Waals surface area contributed by atoms with Crippen LogP contribution in [0.2, 0.25) is 0 Å². The minimum atomic E-state index is -0.717. The third kappa shape index (κ3) is 3.24. The van der Waals surface area contributed by atoms with Gasteiger partial charge in [0.15, 0.2) is 0 Å². The summed E-state index contributed by atoms with van der Waals surface area (Å²) in [5.74, 6) is -0.0465. The predicted octanol–water partition coefficient (Wildman–Crippen LogP) is 1.81. The fourth-order valence-electron chi connectivity index (χ4n) is 6.53. The Kier molecular flexibility index (Phi) is 5.16. The van der Waals surface area contributed by atoms with Gasteiger partial charge in [0.25, 0.3) is 0 Å². The maximum absolute atomic E-state index is 13.7. The number of likely N-dealkylation sites (tertiary alicyclic amines) is 3. The summed E-state index contributed by atoms with van der Waals surface area (Å²) in [6, 6.07) is 17.8. The summed E-state index contributed by atoms with van der Waals surface area (Å²) in [6.45, 7) is 1.66. The monoisotopic (exact) mass is 455 g/mol. The molecule has 2 bridgehead atoms. The van der Waals surface area contributed by atoms with Crippen LogP contribution in [-0.2, 0) is 16.0 Å². The molecule has 3 fully saturated rings. The highest BCUT2D eigenvalue weighted by Crippen LogP contribution is 2.45. The molecule has 7 nitrogen and oxygen atoms in total. The van der Waals surface area contributed by atoms with Crippen LogP contribution in [0.25, 0.3) is 0 Å². The number of hydrogen-bond acceptors (Lipinski definition) is 5. The van der Waals surface area contributed by atoms with E-state index in [9.17, 15) is 14.9 Å². The molecule has 0 spiro atoms. The first-order valence-corrected chi connectivity index (χ1v) is 12.2. The van der Waals surface area contributed by atoms with Gasteiger partial charge in [0.05, 0.1) is 24.2 Å². The Morgan fingerprint density at radius 3 is 2.44 bits per heavy atom. The third-order valence-electron chi connectivity index (χ3n) is 8.11. The average Bonchev–Trinajstić information content (AvgIpc) is 3.57. The lowest BCUT2D eigenvalue weighted by molar-refractivity contribution is -0.140. The van der Waals surface area contributed by atoms with Crippen molar-refractivity contribution >= 4 is 11.8 Å². The number of rotatable bonds is 4. The number of carbonyl (C=O) groups excluding carboxylic acids is 2. The van der Waals surface area contributed by atoms with Gasteiger partial charge in [-0.05, 0) is 47.9 Å². The Balaban J connectivity index is 1.22.